The summed E-state index contributed by atoms with van der Waals surface area (Å²) in [6, 6.07) is 16.7. The lowest BCUT2D eigenvalue weighted by Crippen LogP contribution is -2.25. The Balaban J connectivity index is 2.03. The van der Waals surface area contributed by atoms with E-state index >= 15 is 0 Å². The van der Waals surface area contributed by atoms with Gasteiger partial charge >= 0.3 is 5.97 Å². The Hall–Kier alpha value is -1.94. The third-order valence-electron chi connectivity index (χ3n) is 4.99. The molecule has 0 bridgehead atoms. The molecule has 0 radical (unpaired) electrons. The predicted octanol–water partition coefficient (Wildman–Crippen LogP) is 6.82. The summed E-state index contributed by atoms with van der Waals surface area (Å²) in [5.41, 5.74) is 2.17. The van der Waals surface area contributed by atoms with Crippen molar-refractivity contribution in [3.05, 3.63) is 54.1 Å². The molecule has 1 unspecified atom stereocenters. The minimum absolute atomic E-state index is 0.421. The largest absolute Gasteiger partial charge is 0.481 e. The number of carboxylic acid groups (broad SMARTS) is 1. The maximum atomic E-state index is 11.3. The molecule has 152 valence electrons. The number of hydrogen-bond donors (Lipinski definition) is 1. The molecule has 4 heteroatoms. The Labute approximate surface area is 174 Å². The third kappa shape index (κ3) is 6.59. The summed E-state index contributed by atoms with van der Waals surface area (Å²) in [6.45, 7) is 8.62. The minimum atomic E-state index is -0.755. The molecule has 2 rings (SSSR count). The minimum Gasteiger partial charge on any atom is -0.481 e. The van der Waals surface area contributed by atoms with Gasteiger partial charge in [-0.1, -0.05) is 57.5 Å². The van der Waals surface area contributed by atoms with E-state index in [2.05, 4.69) is 43.0 Å². The Kier molecular flexibility index (Phi) is 9.42. The van der Waals surface area contributed by atoms with E-state index in [0.29, 0.717) is 6.42 Å². The van der Waals surface area contributed by atoms with Crippen LogP contribution in [-0.2, 0) is 4.79 Å². The van der Waals surface area contributed by atoms with E-state index in [1.165, 1.54) is 36.3 Å². The number of unbranched alkanes of at least 4 members (excludes halogenated alkanes) is 2. The van der Waals surface area contributed by atoms with Gasteiger partial charge < -0.3 is 10.0 Å². The Bertz CT molecular complexity index is 704. The van der Waals surface area contributed by atoms with Crippen LogP contribution in [0.5, 0.6) is 0 Å². The molecule has 0 aromatic heterocycles. The summed E-state index contributed by atoms with van der Waals surface area (Å²) in [5.74, 6) is -1.18. The van der Waals surface area contributed by atoms with Crippen molar-refractivity contribution in [2.45, 2.75) is 68.6 Å². The standard InChI is InChI=1S/C24H33NO2S/c1-4-7-17-25(18-8-5-2)20-11-15-22(16-12-20)28-21-13-9-19(10-14-21)23(6-3)24(26)27/h9-16,23H,4-8,17-18H2,1-3H3,(H,26,27). The molecule has 1 atom stereocenters. The van der Waals surface area contributed by atoms with Gasteiger partial charge in [0.15, 0.2) is 0 Å². The van der Waals surface area contributed by atoms with Gasteiger partial charge in [-0.2, -0.15) is 0 Å². The summed E-state index contributed by atoms with van der Waals surface area (Å²) >= 11 is 1.71. The molecule has 0 aliphatic heterocycles. The average molecular weight is 400 g/mol. The van der Waals surface area contributed by atoms with E-state index in [-0.39, 0.29) is 0 Å². The van der Waals surface area contributed by atoms with E-state index in [1.807, 2.05) is 31.2 Å². The second-order valence-electron chi connectivity index (χ2n) is 7.16. The Morgan fingerprint density at radius 2 is 1.39 bits per heavy atom. The molecule has 0 heterocycles. The van der Waals surface area contributed by atoms with Gasteiger partial charge in [-0.15, -0.1) is 0 Å². The summed E-state index contributed by atoms with van der Waals surface area (Å²) in [4.78, 5) is 16.1. The SMILES string of the molecule is CCCCN(CCCC)c1ccc(Sc2ccc(C(CC)C(=O)O)cc2)cc1. The van der Waals surface area contributed by atoms with Gasteiger partial charge in [0, 0.05) is 28.6 Å². The molecule has 2 aromatic rings. The first-order valence-corrected chi connectivity index (χ1v) is 11.3. The summed E-state index contributed by atoms with van der Waals surface area (Å²) in [7, 11) is 0. The molecule has 2 aromatic carbocycles. The molecular weight excluding hydrogens is 366 g/mol. The van der Waals surface area contributed by atoms with Crippen LogP contribution < -0.4 is 4.90 Å². The first-order valence-electron chi connectivity index (χ1n) is 10.4. The molecule has 0 saturated heterocycles. The number of anilines is 1. The second-order valence-corrected chi connectivity index (χ2v) is 8.31. The number of carboxylic acids is 1. The van der Waals surface area contributed by atoms with Crippen LogP contribution in [0, 0.1) is 0 Å². The average Bonchev–Trinajstić information content (AvgIpc) is 2.70. The van der Waals surface area contributed by atoms with Gasteiger partial charge in [-0.25, -0.2) is 0 Å². The third-order valence-corrected chi connectivity index (χ3v) is 6.01. The molecule has 0 aliphatic rings. The van der Waals surface area contributed by atoms with E-state index < -0.39 is 11.9 Å². The fourth-order valence-electron chi connectivity index (χ4n) is 3.25. The van der Waals surface area contributed by atoms with Gasteiger partial charge in [0.1, 0.15) is 0 Å². The van der Waals surface area contributed by atoms with Gasteiger partial charge in [-0.3, -0.25) is 4.79 Å². The maximum absolute atomic E-state index is 11.3. The number of aliphatic carboxylic acids is 1. The van der Waals surface area contributed by atoms with Crippen molar-refractivity contribution < 1.29 is 9.90 Å². The molecule has 1 N–H and O–H groups in total. The van der Waals surface area contributed by atoms with Crippen LogP contribution >= 0.6 is 11.8 Å². The zero-order valence-corrected chi connectivity index (χ0v) is 18.2. The molecular formula is C24H33NO2S. The molecule has 0 spiro atoms. The number of rotatable bonds is 12. The number of nitrogens with zero attached hydrogens (tertiary/aromatic N) is 1. The smallest absolute Gasteiger partial charge is 0.310 e. The van der Waals surface area contributed by atoms with Gasteiger partial charge in [-0.05, 0) is 61.2 Å². The highest BCUT2D eigenvalue weighted by molar-refractivity contribution is 7.99. The number of hydrogen-bond acceptors (Lipinski definition) is 3. The quantitative estimate of drug-likeness (QED) is 0.425. The summed E-state index contributed by atoms with van der Waals surface area (Å²) < 4.78 is 0. The molecule has 0 aliphatic carbocycles. The zero-order valence-electron chi connectivity index (χ0n) is 17.4. The zero-order chi connectivity index (χ0) is 20.4. The van der Waals surface area contributed by atoms with Crippen LogP contribution in [-0.4, -0.2) is 24.2 Å². The lowest BCUT2D eigenvalue weighted by Gasteiger charge is -2.25. The number of carbonyl (C=O) groups is 1. The Morgan fingerprint density at radius 3 is 1.82 bits per heavy atom. The second kappa shape index (κ2) is 11.8. The fraction of sp³-hybridized carbons (Fsp3) is 0.458. The highest BCUT2D eigenvalue weighted by atomic mass is 32.2. The van der Waals surface area contributed by atoms with Crippen LogP contribution in [0.4, 0.5) is 5.69 Å². The van der Waals surface area contributed by atoms with Crippen LogP contribution in [0.1, 0.15) is 64.4 Å². The van der Waals surface area contributed by atoms with Crippen LogP contribution in [0.25, 0.3) is 0 Å². The van der Waals surface area contributed by atoms with Gasteiger partial charge in [0.05, 0.1) is 5.92 Å². The van der Waals surface area contributed by atoms with Gasteiger partial charge in [0.25, 0.3) is 0 Å². The van der Waals surface area contributed by atoms with Crippen LogP contribution in [0.2, 0.25) is 0 Å². The van der Waals surface area contributed by atoms with E-state index in [0.717, 1.165) is 23.5 Å². The highest BCUT2D eigenvalue weighted by Gasteiger charge is 2.17. The predicted molar refractivity (Wildman–Crippen MR) is 120 cm³/mol. The monoisotopic (exact) mass is 399 g/mol. The van der Waals surface area contributed by atoms with Crippen molar-refractivity contribution in [3.63, 3.8) is 0 Å². The van der Waals surface area contributed by atoms with E-state index in [9.17, 15) is 9.90 Å². The van der Waals surface area contributed by atoms with E-state index in [4.69, 9.17) is 0 Å². The molecule has 0 saturated carbocycles. The van der Waals surface area contributed by atoms with Crippen LogP contribution in [0.3, 0.4) is 0 Å². The van der Waals surface area contributed by atoms with Crippen molar-refractivity contribution in [2.75, 3.05) is 18.0 Å². The normalized spacial score (nSPS) is 12.0. The van der Waals surface area contributed by atoms with Crippen molar-refractivity contribution >= 4 is 23.4 Å². The molecule has 0 fully saturated rings. The topological polar surface area (TPSA) is 40.5 Å². The van der Waals surface area contributed by atoms with Crippen molar-refractivity contribution in [2.24, 2.45) is 0 Å². The number of benzene rings is 2. The van der Waals surface area contributed by atoms with Crippen molar-refractivity contribution in [1.29, 1.82) is 0 Å². The van der Waals surface area contributed by atoms with E-state index in [1.54, 1.807) is 11.8 Å². The Morgan fingerprint density at radius 1 is 0.893 bits per heavy atom. The van der Waals surface area contributed by atoms with Gasteiger partial charge in [0.2, 0.25) is 0 Å². The van der Waals surface area contributed by atoms with Crippen LogP contribution in [0.15, 0.2) is 58.3 Å². The first-order chi connectivity index (χ1) is 13.6. The highest BCUT2D eigenvalue weighted by Crippen LogP contribution is 2.31. The fourth-order valence-corrected chi connectivity index (χ4v) is 4.07. The lowest BCUT2D eigenvalue weighted by atomic mass is 9.97. The lowest BCUT2D eigenvalue weighted by molar-refractivity contribution is -0.138. The molecule has 3 nitrogen and oxygen atoms in total. The summed E-state index contributed by atoms with van der Waals surface area (Å²) in [5, 5.41) is 9.30. The maximum Gasteiger partial charge on any atom is 0.310 e. The van der Waals surface area contributed by atoms with Crippen molar-refractivity contribution in [3.8, 4) is 0 Å². The van der Waals surface area contributed by atoms with Crippen molar-refractivity contribution in [1.82, 2.24) is 0 Å². The molecule has 28 heavy (non-hydrogen) atoms. The molecule has 0 amide bonds. The summed E-state index contributed by atoms with van der Waals surface area (Å²) in [6.07, 6.45) is 5.49. The first kappa shape index (κ1) is 22.4.